The lowest BCUT2D eigenvalue weighted by Gasteiger charge is -2.06. The van der Waals surface area contributed by atoms with Gasteiger partial charge in [-0.15, -0.1) is 0 Å². The fraction of sp³-hybridized carbons (Fsp3) is 0.200. The number of aromatic nitrogens is 2. The van der Waals surface area contributed by atoms with Crippen LogP contribution < -0.4 is 10.3 Å². The first-order chi connectivity index (χ1) is 12.8. The Morgan fingerprint density at radius 2 is 1.93 bits per heavy atom. The number of H-pyrrole nitrogens is 1. The minimum Gasteiger partial charge on any atom is -0.495 e. The molecule has 2 aromatic carbocycles. The molecule has 0 unspecified atom stereocenters. The van der Waals surface area contributed by atoms with E-state index in [2.05, 4.69) is 26.0 Å². The second-order valence-corrected chi connectivity index (χ2v) is 7.52. The summed E-state index contributed by atoms with van der Waals surface area (Å²) in [6, 6.07) is 9.17. The van der Waals surface area contributed by atoms with Crippen molar-refractivity contribution in [1.82, 2.24) is 9.78 Å². The van der Waals surface area contributed by atoms with Gasteiger partial charge in [0.1, 0.15) is 5.75 Å². The van der Waals surface area contributed by atoms with Crippen LogP contribution in [0.25, 0.3) is 5.69 Å². The van der Waals surface area contributed by atoms with E-state index < -0.39 is 0 Å². The van der Waals surface area contributed by atoms with Crippen LogP contribution in [0.2, 0.25) is 5.02 Å². The minimum atomic E-state index is -0.188. The number of aryl methyl sites for hydroxylation is 3. The molecule has 3 rings (SSSR count). The monoisotopic (exact) mass is 447 g/mol. The molecule has 0 amide bonds. The Labute approximate surface area is 170 Å². The average molecular weight is 449 g/mol. The lowest BCUT2D eigenvalue weighted by Crippen LogP contribution is -2.17. The molecule has 0 atom stereocenters. The third kappa shape index (κ3) is 3.87. The van der Waals surface area contributed by atoms with Gasteiger partial charge in [-0.2, -0.15) is 0 Å². The SMILES string of the molecule is COc1cc(-n2[nH]c(C)c(C=Nc3cc(C)c(Br)cc3C)c2=O)ccc1Cl. The molecular weight excluding hydrogens is 430 g/mol. The number of hydrogen-bond donors (Lipinski definition) is 1. The van der Waals surface area contributed by atoms with E-state index >= 15 is 0 Å². The van der Waals surface area contributed by atoms with Crippen molar-refractivity contribution in [3.63, 3.8) is 0 Å². The third-order valence-electron chi connectivity index (χ3n) is 4.32. The first kappa shape index (κ1) is 19.5. The maximum Gasteiger partial charge on any atom is 0.280 e. The fourth-order valence-corrected chi connectivity index (χ4v) is 3.37. The molecule has 1 heterocycles. The summed E-state index contributed by atoms with van der Waals surface area (Å²) in [5, 5.41) is 3.56. The van der Waals surface area contributed by atoms with E-state index in [9.17, 15) is 4.79 Å². The van der Waals surface area contributed by atoms with Crippen molar-refractivity contribution >= 4 is 39.4 Å². The molecule has 0 bridgehead atoms. The zero-order valence-corrected chi connectivity index (χ0v) is 17.8. The lowest BCUT2D eigenvalue weighted by atomic mass is 10.1. The molecular formula is C20H19BrClN3O2. The number of rotatable bonds is 4. The number of hydrogen-bond acceptors (Lipinski definition) is 3. The third-order valence-corrected chi connectivity index (χ3v) is 5.49. The van der Waals surface area contributed by atoms with Crippen molar-refractivity contribution in [2.24, 2.45) is 4.99 Å². The summed E-state index contributed by atoms with van der Waals surface area (Å²) in [6.07, 6.45) is 1.60. The van der Waals surface area contributed by atoms with Gasteiger partial charge in [0.25, 0.3) is 5.56 Å². The summed E-state index contributed by atoms with van der Waals surface area (Å²) in [4.78, 5) is 17.4. The zero-order chi connectivity index (χ0) is 19.7. The first-order valence-corrected chi connectivity index (χ1v) is 9.45. The number of ether oxygens (including phenoxy) is 1. The van der Waals surface area contributed by atoms with Crippen molar-refractivity contribution in [3.8, 4) is 11.4 Å². The van der Waals surface area contributed by atoms with E-state index in [1.807, 2.05) is 32.9 Å². The van der Waals surface area contributed by atoms with E-state index in [1.165, 1.54) is 11.8 Å². The van der Waals surface area contributed by atoms with Gasteiger partial charge in [-0.25, -0.2) is 4.68 Å². The molecule has 5 nitrogen and oxygen atoms in total. The second kappa shape index (κ2) is 7.74. The molecule has 0 aliphatic carbocycles. The van der Waals surface area contributed by atoms with Crippen LogP contribution in [0.4, 0.5) is 5.69 Å². The Kier molecular flexibility index (Phi) is 5.58. The molecule has 140 valence electrons. The van der Waals surface area contributed by atoms with Gasteiger partial charge >= 0.3 is 0 Å². The molecule has 0 fully saturated rings. The molecule has 0 radical (unpaired) electrons. The Bertz CT molecular complexity index is 1100. The summed E-state index contributed by atoms with van der Waals surface area (Å²) < 4.78 is 7.72. The molecule has 0 aliphatic heterocycles. The second-order valence-electron chi connectivity index (χ2n) is 6.26. The van der Waals surface area contributed by atoms with Crippen molar-refractivity contribution in [3.05, 3.63) is 72.6 Å². The summed E-state index contributed by atoms with van der Waals surface area (Å²) in [7, 11) is 1.54. The van der Waals surface area contributed by atoms with Gasteiger partial charge in [0.15, 0.2) is 0 Å². The summed E-state index contributed by atoms with van der Waals surface area (Å²) >= 11 is 9.58. The predicted octanol–water partition coefficient (Wildman–Crippen LogP) is 5.27. The number of aromatic amines is 1. The van der Waals surface area contributed by atoms with Crippen LogP contribution in [0.3, 0.4) is 0 Å². The Balaban J connectivity index is 2.02. The molecule has 27 heavy (non-hydrogen) atoms. The van der Waals surface area contributed by atoms with Crippen molar-refractivity contribution < 1.29 is 4.74 Å². The predicted molar refractivity (Wildman–Crippen MR) is 114 cm³/mol. The number of methoxy groups -OCH3 is 1. The Morgan fingerprint density at radius 1 is 1.19 bits per heavy atom. The highest BCUT2D eigenvalue weighted by Crippen LogP contribution is 2.27. The van der Waals surface area contributed by atoms with Crippen LogP contribution in [-0.2, 0) is 0 Å². The zero-order valence-electron chi connectivity index (χ0n) is 15.4. The Hall–Kier alpha value is -2.31. The van der Waals surface area contributed by atoms with Crippen LogP contribution in [0.5, 0.6) is 5.75 Å². The van der Waals surface area contributed by atoms with Gasteiger partial charge in [-0.3, -0.25) is 14.9 Å². The maximum atomic E-state index is 12.9. The Morgan fingerprint density at radius 3 is 2.63 bits per heavy atom. The highest BCUT2D eigenvalue weighted by molar-refractivity contribution is 9.10. The number of nitrogens with zero attached hydrogens (tertiary/aromatic N) is 2. The number of benzene rings is 2. The largest absolute Gasteiger partial charge is 0.495 e. The molecule has 1 N–H and O–H groups in total. The van der Waals surface area contributed by atoms with Crippen LogP contribution in [-0.4, -0.2) is 23.1 Å². The molecule has 1 aromatic heterocycles. The van der Waals surface area contributed by atoms with Gasteiger partial charge < -0.3 is 4.74 Å². The summed E-state index contributed by atoms with van der Waals surface area (Å²) in [6.45, 7) is 5.83. The van der Waals surface area contributed by atoms with Gasteiger partial charge in [-0.1, -0.05) is 27.5 Å². The van der Waals surface area contributed by atoms with Crippen LogP contribution in [0.1, 0.15) is 22.4 Å². The molecule has 0 aliphatic rings. The van der Waals surface area contributed by atoms with E-state index in [4.69, 9.17) is 16.3 Å². The number of halogens is 2. The van der Waals surface area contributed by atoms with Crippen LogP contribution in [0.15, 0.2) is 44.6 Å². The van der Waals surface area contributed by atoms with E-state index in [0.29, 0.717) is 22.0 Å². The van der Waals surface area contributed by atoms with Gasteiger partial charge in [0, 0.05) is 22.4 Å². The number of nitrogens with one attached hydrogen (secondary N) is 1. The van der Waals surface area contributed by atoms with E-state index in [1.54, 1.807) is 24.4 Å². The van der Waals surface area contributed by atoms with E-state index in [-0.39, 0.29) is 5.56 Å². The molecule has 7 heteroatoms. The molecule has 0 saturated carbocycles. The summed E-state index contributed by atoms with van der Waals surface area (Å²) in [5.41, 5.74) is 4.62. The van der Waals surface area contributed by atoms with Gasteiger partial charge in [0.05, 0.1) is 29.1 Å². The van der Waals surface area contributed by atoms with Crippen molar-refractivity contribution in [2.45, 2.75) is 20.8 Å². The van der Waals surface area contributed by atoms with Crippen molar-refractivity contribution in [2.75, 3.05) is 7.11 Å². The maximum absolute atomic E-state index is 12.9. The van der Waals surface area contributed by atoms with Gasteiger partial charge in [0.2, 0.25) is 0 Å². The fourth-order valence-electron chi connectivity index (χ4n) is 2.72. The normalized spacial score (nSPS) is 11.3. The van der Waals surface area contributed by atoms with E-state index in [0.717, 1.165) is 27.0 Å². The average Bonchev–Trinajstić information content (AvgIpc) is 2.91. The smallest absolute Gasteiger partial charge is 0.280 e. The minimum absolute atomic E-state index is 0.188. The topological polar surface area (TPSA) is 59.4 Å². The van der Waals surface area contributed by atoms with Crippen LogP contribution >= 0.6 is 27.5 Å². The van der Waals surface area contributed by atoms with Crippen LogP contribution in [0, 0.1) is 20.8 Å². The first-order valence-electron chi connectivity index (χ1n) is 8.28. The highest BCUT2D eigenvalue weighted by atomic mass is 79.9. The number of aliphatic imine (C=N–C) groups is 1. The quantitative estimate of drug-likeness (QED) is 0.553. The molecule has 0 saturated heterocycles. The summed E-state index contributed by atoms with van der Waals surface area (Å²) in [5.74, 6) is 0.504. The standard InChI is InChI=1S/C20H19BrClN3O2/c1-11-8-18(12(2)7-16(11)21)23-10-15-13(3)24-25(20(15)26)14-5-6-17(22)19(9-14)27-4/h5-10,24H,1-4H3. The van der Waals surface area contributed by atoms with Gasteiger partial charge in [-0.05, 0) is 56.2 Å². The highest BCUT2D eigenvalue weighted by Gasteiger charge is 2.13. The van der Waals surface area contributed by atoms with Crippen molar-refractivity contribution in [1.29, 1.82) is 0 Å². The molecule has 0 spiro atoms. The lowest BCUT2D eigenvalue weighted by molar-refractivity contribution is 0.414. The molecule has 3 aromatic rings.